The van der Waals surface area contributed by atoms with E-state index >= 15 is 0 Å². The Hall–Kier alpha value is -3.43. The fourth-order valence-corrected chi connectivity index (χ4v) is 6.08. The second kappa shape index (κ2) is 14.0. The van der Waals surface area contributed by atoms with Gasteiger partial charge in [-0.1, -0.05) is 62.2 Å². The van der Waals surface area contributed by atoms with Crippen molar-refractivity contribution in [1.29, 1.82) is 0 Å². The lowest BCUT2D eigenvalue weighted by atomic mass is 10.1. The lowest BCUT2D eigenvalue weighted by Gasteiger charge is -2.33. The molecule has 1 N–H and O–H groups in total. The summed E-state index contributed by atoms with van der Waals surface area (Å²) >= 11 is 6.16. The smallest absolute Gasteiger partial charge is 0.264 e. The molecular weight excluding hydrogens is 565 g/mol. The number of aryl methyl sites for hydroxylation is 2. The van der Waals surface area contributed by atoms with Crippen molar-refractivity contribution in [1.82, 2.24) is 10.2 Å². The third-order valence-electron chi connectivity index (χ3n) is 6.65. The fourth-order valence-electron chi connectivity index (χ4n) is 4.38. The molecule has 0 spiro atoms. The van der Waals surface area contributed by atoms with E-state index in [1.807, 2.05) is 20.8 Å². The highest BCUT2D eigenvalue weighted by Crippen LogP contribution is 2.29. The van der Waals surface area contributed by atoms with Crippen LogP contribution in [0.5, 0.6) is 0 Å². The molecule has 10 heteroatoms. The summed E-state index contributed by atoms with van der Waals surface area (Å²) in [5.41, 5.74) is 2.35. The largest absolute Gasteiger partial charge is 0.354 e. The molecule has 0 unspecified atom stereocenters. The van der Waals surface area contributed by atoms with Crippen LogP contribution in [0.2, 0.25) is 5.02 Å². The number of nitrogens with one attached hydrogen (secondary N) is 1. The Morgan fingerprint density at radius 3 is 2.17 bits per heavy atom. The van der Waals surface area contributed by atoms with E-state index in [1.54, 1.807) is 56.3 Å². The van der Waals surface area contributed by atoms with E-state index < -0.39 is 34.3 Å². The van der Waals surface area contributed by atoms with Gasteiger partial charge in [0.25, 0.3) is 10.0 Å². The Bertz CT molecular complexity index is 1460. The van der Waals surface area contributed by atoms with E-state index in [0.29, 0.717) is 34.8 Å². The number of amides is 2. The second-order valence-corrected chi connectivity index (χ2v) is 12.8. The van der Waals surface area contributed by atoms with Crippen LogP contribution in [0.25, 0.3) is 0 Å². The van der Waals surface area contributed by atoms with E-state index in [1.165, 1.54) is 29.2 Å². The third-order valence-corrected chi connectivity index (χ3v) is 8.66. The summed E-state index contributed by atoms with van der Waals surface area (Å²) in [5, 5.41) is 3.31. The Labute approximate surface area is 247 Å². The number of benzene rings is 3. The monoisotopic (exact) mass is 601 g/mol. The van der Waals surface area contributed by atoms with Crippen molar-refractivity contribution in [2.24, 2.45) is 5.92 Å². The minimum absolute atomic E-state index is 0.00919. The highest BCUT2D eigenvalue weighted by molar-refractivity contribution is 7.92. The molecule has 0 radical (unpaired) electrons. The van der Waals surface area contributed by atoms with Crippen LogP contribution in [-0.4, -0.2) is 44.3 Å². The van der Waals surface area contributed by atoms with Crippen LogP contribution in [-0.2, 0) is 26.2 Å². The van der Waals surface area contributed by atoms with Gasteiger partial charge in [-0.15, -0.1) is 0 Å². The first-order valence-electron chi connectivity index (χ1n) is 13.5. The first-order valence-corrected chi connectivity index (χ1v) is 15.3. The topological polar surface area (TPSA) is 86.8 Å². The summed E-state index contributed by atoms with van der Waals surface area (Å²) in [6.45, 7) is 9.13. The summed E-state index contributed by atoms with van der Waals surface area (Å²) in [6.07, 6.45) is 0.293. The molecule has 1 atom stereocenters. The Kier molecular flexibility index (Phi) is 10.9. The van der Waals surface area contributed by atoms with Crippen molar-refractivity contribution >= 4 is 39.1 Å². The molecule has 2 amide bonds. The Morgan fingerprint density at radius 2 is 1.61 bits per heavy atom. The quantitative estimate of drug-likeness (QED) is 0.281. The van der Waals surface area contributed by atoms with Crippen LogP contribution in [0, 0.1) is 25.6 Å². The van der Waals surface area contributed by atoms with Crippen LogP contribution in [0.4, 0.5) is 10.1 Å². The zero-order valence-corrected chi connectivity index (χ0v) is 25.6. The number of rotatable bonds is 12. The molecule has 0 heterocycles. The fraction of sp³-hybridized carbons (Fsp3) is 0.355. The lowest BCUT2D eigenvalue weighted by Crippen LogP contribution is -2.52. The van der Waals surface area contributed by atoms with Gasteiger partial charge in [0.05, 0.1) is 10.6 Å². The zero-order chi connectivity index (χ0) is 30.3. The van der Waals surface area contributed by atoms with Gasteiger partial charge >= 0.3 is 0 Å². The van der Waals surface area contributed by atoms with Crippen molar-refractivity contribution in [2.75, 3.05) is 17.4 Å². The Morgan fingerprint density at radius 1 is 0.976 bits per heavy atom. The molecule has 0 saturated carbocycles. The first-order chi connectivity index (χ1) is 19.3. The van der Waals surface area contributed by atoms with Gasteiger partial charge in [0, 0.05) is 18.1 Å². The summed E-state index contributed by atoms with van der Waals surface area (Å²) in [6, 6.07) is 15.9. The van der Waals surface area contributed by atoms with Crippen LogP contribution in [0.3, 0.4) is 0 Å². The maximum absolute atomic E-state index is 14.1. The Balaban J connectivity index is 2.07. The molecule has 3 rings (SSSR count). The van der Waals surface area contributed by atoms with Crippen molar-refractivity contribution in [2.45, 2.75) is 58.5 Å². The van der Waals surface area contributed by atoms with Gasteiger partial charge in [0.2, 0.25) is 11.8 Å². The number of anilines is 1. The van der Waals surface area contributed by atoms with Crippen molar-refractivity contribution in [3.05, 3.63) is 94.3 Å². The SMILES string of the molecule is CC[C@@H](C(=O)NCC(C)C)N(Cc1ccc(F)cc1)C(=O)CN(c1ccc(Cl)cc1C)S(=O)(=O)c1ccc(C)cc1. The number of halogens is 2. The van der Waals surface area contributed by atoms with Gasteiger partial charge in [0.1, 0.15) is 18.4 Å². The number of hydrogen-bond donors (Lipinski definition) is 1. The molecule has 0 aliphatic rings. The number of hydrogen-bond acceptors (Lipinski definition) is 4. The van der Waals surface area contributed by atoms with Gasteiger partial charge in [0.15, 0.2) is 0 Å². The predicted octanol–water partition coefficient (Wildman–Crippen LogP) is 5.87. The molecular formula is C31H37ClFN3O4S. The van der Waals surface area contributed by atoms with Crippen LogP contribution >= 0.6 is 11.6 Å². The van der Waals surface area contributed by atoms with E-state index in [4.69, 9.17) is 11.6 Å². The number of carbonyl (C=O) groups excluding carboxylic acids is 2. The lowest BCUT2D eigenvalue weighted by molar-refractivity contribution is -0.140. The molecule has 0 bridgehead atoms. The molecule has 220 valence electrons. The first kappa shape index (κ1) is 32.1. The molecule has 0 fully saturated rings. The average molecular weight is 602 g/mol. The maximum atomic E-state index is 14.1. The molecule has 3 aromatic carbocycles. The van der Waals surface area contributed by atoms with E-state index in [-0.39, 0.29) is 23.3 Å². The van der Waals surface area contributed by atoms with Gasteiger partial charge in [-0.05, 0) is 79.8 Å². The summed E-state index contributed by atoms with van der Waals surface area (Å²) in [5.74, 6) is -1.15. The van der Waals surface area contributed by atoms with Crippen molar-refractivity contribution in [3.8, 4) is 0 Å². The number of nitrogens with zero attached hydrogens (tertiary/aromatic N) is 2. The van der Waals surface area contributed by atoms with Crippen LogP contribution < -0.4 is 9.62 Å². The minimum Gasteiger partial charge on any atom is -0.354 e. The highest BCUT2D eigenvalue weighted by atomic mass is 35.5. The predicted molar refractivity (Wildman–Crippen MR) is 161 cm³/mol. The van der Waals surface area contributed by atoms with E-state index in [9.17, 15) is 22.4 Å². The number of carbonyl (C=O) groups is 2. The van der Waals surface area contributed by atoms with E-state index in [0.717, 1.165) is 9.87 Å². The molecule has 0 aliphatic carbocycles. The number of sulfonamides is 1. The zero-order valence-electron chi connectivity index (χ0n) is 24.0. The van der Waals surface area contributed by atoms with Gasteiger partial charge in [-0.25, -0.2) is 12.8 Å². The van der Waals surface area contributed by atoms with Crippen molar-refractivity contribution in [3.63, 3.8) is 0 Å². The maximum Gasteiger partial charge on any atom is 0.264 e. The van der Waals surface area contributed by atoms with Gasteiger partial charge < -0.3 is 10.2 Å². The highest BCUT2D eigenvalue weighted by Gasteiger charge is 2.34. The van der Waals surface area contributed by atoms with Gasteiger partial charge in [-0.2, -0.15) is 0 Å². The molecule has 7 nitrogen and oxygen atoms in total. The summed E-state index contributed by atoms with van der Waals surface area (Å²) in [4.78, 5) is 28.7. The van der Waals surface area contributed by atoms with E-state index in [2.05, 4.69) is 5.32 Å². The summed E-state index contributed by atoms with van der Waals surface area (Å²) in [7, 11) is -4.19. The minimum atomic E-state index is -4.19. The normalized spacial score (nSPS) is 12.2. The third kappa shape index (κ3) is 8.30. The van der Waals surface area contributed by atoms with Crippen LogP contribution in [0.15, 0.2) is 71.6 Å². The molecule has 0 aromatic heterocycles. The second-order valence-electron chi connectivity index (χ2n) is 10.5. The van der Waals surface area contributed by atoms with Crippen LogP contribution in [0.1, 0.15) is 43.9 Å². The van der Waals surface area contributed by atoms with Crippen molar-refractivity contribution < 1.29 is 22.4 Å². The molecule has 0 saturated heterocycles. The molecule has 41 heavy (non-hydrogen) atoms. The average Bonchev–Trinajstić information content (AvgIpc) is 2.92. The molecule has 0 aliphatic heterocycles. The standard InChI is InChI=1S/C31H37ClFN3O4S/c1-6-28(31(38)34-18-21(2)3)35(19-24-9-12-26(33)13-10-24)30(37)20-36(29-16-11-25(32)17-23(29)5)41(39,40)27-14-7-22(4)8-15-27/h7-17,21,28H,6,18-20H2,1-5H3,(H,34,38)/t28-/m0/s1. The van der Waals surface area contributed by atoms with Gasteiger partial charge in [-0.3, -0.25) is 13.9 Å². The summed E-state index contributed by atoms with van der Waals surface area (Å²) < 4.78 is 42.7. The molecule has 3 aromatic rings.